The molecule has 0 aliphatic carbocycles. The van der Waals surface area contributed by atoms with E-state index in [4.69, 9.17) is 0 Å². The first kappa shape index (κ1) is 13.4. The molecular weight excluding hydrogens is 236 g/mol. The minimum absolute atomic E-state index is 0.0969. The molecule has 0 radical (unpaired) electrons. The average molecular weight is 256 g/mol. The van der Waals surface area contributed by atoms with Crippen LogP contribution >= 0.6 is 0 Å². The molecule has 19 heavy (non-hydrogen) atoms. The van der Waals surface area contributed by atoms with Crippen LogP contribution in [0, 0.1) is 0 Å². The molecule has 2 rings (SSSR count). The zero-order chi connectivity index (χ0) is 13.7. The highest BCUT2D eigenvalue weighted by atomic mass is 16.1. The van der Waals surface area contributed by atoms with E-state index < -0.39 is 0 Å². The van der Waals surface area contributed by atoms with Crippen molar-refractivity contribution in [3.63, 3.8) is 0 Å². The Morgan fingerprint density at radius 1 is 1.47 bits per heavy atom. The van der Waals surface area contributed by atoms with Gasteiger partial charge in [-0.3, -0.25) is 4.79 Å². The van der Waals surface area contributed by atoms with Crippen LogP contribution in [0.2, 0.25) is 0 Å². The van der Waals surface area contributed by atoms with Gasteiger partial charge in [0.05, 0.1) is 0 Å². The summed E-state index contributed by atoms with van der Waals surface area (Å²) in [5, 5.41) is 4.17. The molecule has 0 aliphatic heterocycles. The fourth-order valence-corrected chi connectivity index (χ4v) is 2.24. The summed E-state index contributed by atoms with van der Waals surface area (Å²) in [6.07, 6.45) is 5.90. The Bertz CT molecular complexity index is 571. The van der Waals surface area contributed by atoms with Crippen LogP contribution in [0.15, 0.2) is 43.1 Å². The zero-order valence-corrected chi connectivity index (χ0v) is 11.3. The number of aromatic nitrogens is 1. The molecular formula is C16H20N2O. The van der Waals surface area contributed by atoms with Crippen molar-refractivity contribution in [3.8, 4) is 0 Å². The van der Waals surface area contributed by atoms with Crippen LogP contribution in [0.25, 0.3) is 10.9 Å². The average Bonchev–Trinajstić information content (AvgIpc) is 2.80. The van der Waals surface area contributed by atoms with Gasteiger partial charge in [-0.25, -0.2) is 0 Å². The number of amides is 1. The summed E-state index contributed by atoms with van der Waals surface area (Å²) in [5.41, 5.74) is 2.32. The number of nitrogens with one attached hydrogen (secondary N) is 2. The first-order valence-electron chi connectivity index (χ1n) is 6.66. The first-order valence-corrected chi connectivity index (χ1v) is 6.66. The number of aryl methyl sites for hydroxylation is 1. The summed E-state index contributed by atoms with van der Waals surface area (Å²) in [5.74, 6) is 0.0969. The Hall–Kier alpha value is -2.03. The fourth-order valence-electron chi connectivity index (χ4n) is 2.24. The maximum atomic E-state index is 11.8. The molecule has 1 amide bonds. The molecule has 100 valence electrons. The summed E-state index contributed by atoms with van der Waals surface area (Å²) in [6.45, 7) is 5.66. The second kappa shape index (κ2) is 6.23. The number of aromatic amines is 1. The molecule has 2 N–H and O–H groups in total. The van der Waals surface area contributed by atoms with Crippen LogP contribution in [0.3, 0.4) is 0 Å². The molecule has 0 aliphatic rings. The summed E-state index contributed by atoms with van der Waals surface area (Å²) in [6, 6.07) is 8.32. The van der Waals surface area contributed by atoms with E-state index in [1.165, 1.54) is 10.9 Å². The van der Waals surface area contributed by atoms with Gasteiger partial charge in [-0.15, -0.1) is 6.58 Å². The van der Waals surface area contributed by atoms with E-state index >= 15 is 0 Å². The molecule has 0 spiro atoms. The molecule has 1 aromatic carbocycles. The van der Waals surface area contributed by atoms with Gasteiger partial charge in [-0.05, 0) is 31.4 Å². The topological polar surface area (TPSA) is 44.9 Å². The molecule has 2 aromatic rings. The maximum Gasteiger partial charge on any atom is 0.220 e. The van der Waals surface area contributed by atoms with Gasteiger partial charge in [-0.1, -0.05) is 24.3 Å². The Kier molecular flexibility index (Phi) is 4.39. The van der Waals surface area contributed by atoms with E-state index in [-0.39, 0.29) is 11.9 Å². The third kappa shape index (κ3) is 3.47. The van der Waals surface area contributed by atoms with Crippen LogP contribution in [-0.4, -0.2) is 16.9 Å². The van der Waals surface area contributed by atoms with E-state index in [1.807, 2.05) is 37.4 Å². The number of para-hydroxylation sites is 1. The standard InChI is InChI=1S/C16H20N2O/c1-3-6-12(2)18-16(19)10-9-13-11-17-15-8-5-4-7-14(13)15/h3-5,7-8,11-12,17H,1,6,9-10H2,2H3,(H,18,19). The van der Waals surface area contributed by atoms with Gasteiger partial charge in [0.15, 0.2) is 0 Å². The van der Waals surface area contributed by atoms with Crippen molar-refractivity contribution < 1.29 is 4.79 Å². The number of carbonyl (C=O) groups is 1. The second-order valence-electron chi connectivity index (χ2n) is 4.85. The largest absolute Gasteiger partial charge is 0.361 e. The van der Waals surface area contributed by atoms with Crippen molar-refractivity contribution >= 4 is 16.8 Å². The Morgan fingerprint density at radius 2 is 2.26 bits per heavy atom. The second-order valence-corrected chi connectivity index (χ2v) is 4.85. The minimum Gasteiger partial charge on any atom is -0.361 e. The highest BCUT2D eigenvalue weighted by Crippen LogP contribution is 2.18. The zero-order valence-electron chi connectivity index (χ0n) is 11.3. The van der Waals surface area contributed by atoms with E-state index in [0.29, 0.717) is 6.42 Å². The monoisotopic (exact) mass is 256 g/mol. The van der Waals surface area contributed by atoms with E-state index in [1.54, 1.807) is 0 Å². The number of hydrogen-bond acceptors (Lipinski definition) is 1. The van der Waals surface area contributed by atoms with Crippen molar-refractivity contribution in [2.45, 2.75) is 32.2 Å². The molecule has 0 saturated carbocycles. The Morgan fingerprint density at radius 3 is 3.05 bits per heavy atom. The van der Waals surface area contributed by atoms with Gasteiger partial charge in [-0.2, -0.15) is 0 Å². The SMILES string of the molecule is C=CCC(C)NC(=O)CCc1c[nH]c2ccccc12. The van der Waals surface area contributed by atoms with Gasteiger partial charge >= 0.3 is 0 Å². The molecule has 0 fully saturated rings. The van der Waals surface area contributed by atoms with E-state index in [0.717, 1.165) is 18.4 Å². The number of benzene rings is 1. The van der Waals surface area contributed by atoms with E-state index in [9.17, 15) is 4.79 Å². The molecule has 1 heterocycles. The number of rotatable bonds is 6. The lowest BCUT2D eigenvalue weighted by atomic mass is 10.1. The lowest BCUT2D eigenvalue weighted by Crippen LogP contribution is -2.32. The number of carbonyl (C=O) groups excluding carboxylic acids is 1. The summed E-state index contributed by atoms with van der Waals surface area (Å²) < 4.78 is 0. The summed E-state index contributed by atoms with van der Waals surface area (Å²) in [7, 11) is 0. The van der Waals surface area contributed by atoms with Crippen LogP contribution in [0.1, 0.15) is 25.3 Å². The van der Waals surface area contributed by atoms with Crippen molar-refractivity contribution in [1.82, 2.24) is 10.3 Å². The Labute approximate surface area is 113 Å². The van der Waals surface area contributed by atoms with Crippen LogP contribution in [0.4, 0.5) is 0 Å². The third-order valence-electron chi connectivity index (χ3n) is 3.22. The predicted octanol–water partition coefficient (Wildman–Crippen LogP) is 3.18. The van der Waals surface area contributed by atoms with Crippen LogP contribution in [0.5, 0.6) is 0 Å². The minimum atomic E-state index is 0.0969. The van der Waals surface area contributed by atoms with Crippen molar-refractivity contribution in [2.24, 2.45) is 0 Å². The van der Waals surface area contributed by atoms with Crippen molar-refractivity contribution in [3.05, 3.63) is 48.7 Å². The fraction of sp³-hybridized carbons (Fsp3) is 0.312. The van der Waals surface area contributed by atoms with Gasteiger partial charge < -0.3 is 10.3 Å². The molecule has 1 unspecified atom stereocenters. The molecule has 3 heteroatoms. The lowest BCUT2D eigenvalue weighted by Gasteiger charge is -2.11. The van der Waals surface area contributed by atoms with Crippen molar-refractivity contribution in [1.29, 1.82) is 0 Å². The Balaban J connectivity index is 1.92. The lowest BCUT2D eigenvalue weighted by molar-refractivity contribution is -0.121. The number of hydrogen-bond donors (Lipinski definition) is 2. The van der Waals surface area contributed by atoms with Gasteiger partial charge in [0, 0.05) is 29.6 Å². The van der Waals surface area contributed by atoms with Crippen molar-refractivity contribution in [2.75, 3.05) is 0 Å². The maximum absolute atomic E-state index is 11.8. The number of fused-ring (bicyclic) bond motifs is 1. The third-order valence-corrected chi connectivity index (χ3v) is 3.22. The quantitative estimate of drug-likeness (QED) is 0.766. The van der Waals surface area contributed by atoms with Gasteiger partial charge in [0.1, 0.15) is 0 Å². The summed E-state index contributed by atoms with van der Waals surface area (Å²) >= 11 is 0. The molecule has 0 bridgehead atoms. The normalized spacial score (nSPS) is 12.3. The molecule has 1 aromatic heterocycles. The molecule has 3 nitrogen and oxygen atoms in total. The predicted molar refractivity (Wildman–Crippen MR) is 79.0 cm³/mol. The molecule has 1 atom stereocenters. The number of H-pyrrole nitrogens is 1. The van der Waals surface area contributed by atoms with Gasteiger partial charge in [0.25, 0.3) is 0 Å². The highest BCUT2D eigenvalue weighted by Gasteiger charge is 2.08. The van der Waals surface area contributed by atoms with Gasteiger partial charge in [0.2, 0.25) is 5.91 Å². The van der Waals surface area contributed by atoms with Crippen LogP contribution in [-0.2, 0) is 11.2 Å². The highest BCUT2D eigenvalue weighted by molar-refractivity contribution is 5.84. The molecule has 0 saturated heterocycles. The van der Waals surface area contributed by atoms with Crippen LogP contribution < -0.4 is 5.32 Å². The first-order chi connectivity index (χ1) is 9.20. The smallest absolute Gasteiger partial charge is 0.220 e. The van der Waals surface area contributed by atoms with E-state index in [2.05, 4.69) is 22.9 Å². The summed E-state index contributed by atoms with van der Waals surface area (Å²) in [4.78, 5) is 15.0.